The lowest BCUT2D eigenvalue weighted by Gasteiger charge is -2.38. The van der Waals surface area contributed by atoms with E-state index >= 15 is 0 Å². The average Bonchev–Trinajstić information content (AvgIpc) is 3.15. The van der Waals surface area contributed by atoms with Crippen LogP contribution in [0.1, 0.15) is 54.9 Å². The maximum absolute atomic E-state index is 13.3. The van der Waals surface area contributed by atoms with Gasteiger partial charge in [0.25, 0.3) is 0 Å². The van der Waals surface area contributed by atoms with Gasteiger partial charge >= 0.3 is 18.4 Å². The fourth-order valence-electron chi connectivity index (χ4n) is 5.19. The Balaban J connectivity index is 1.48. The summed E-state index contributed by atoms with van der Waals surface area (Å²) >= 11 is 0. The molecular formula is C29H31F3N4O5. The Morgan fingerprint density at radius 1 is 1.02 bits per heavy atom. The summed E-state index contributed by atoms with van der Waals surface area (Å²) in [5, 5.41) is 15.2. The summed E-state index contributed by atoms with van der Waals surface area (Å²) in [7, 11) is 0. The molecule has 0 fully saturated rings. The number of rotatable bonds is 3. The van der Waals surface area contributed by atoms with Gasteiger partial charge in [0, 0.05) is 38.0 Å². The van der Waals surface area contributed by atoms with Crippen LogP contribution >= 0.6 is 0 Å². The third-order valence-corrected chi connectivity index (χ3v) is 7.03. The fourth-order valence-corrected chi connectivity index (χ4v) is 5.19. The lowest BCUT2D eigenvalue weighted by atomic mass is 9.96. The monoisotopic (exact) mass is 572 g/mol. The Kier molecular flexibility index (Phi) is 7.35. The summed E-state index contributed by atoms with van der Waals surface area (Å²) in [6, 6.07) is 11.4. The van der Waals surface area contributed by atoms with Gasteiger partial charge < -0.3 is 19.5 Å². The van der Waals surface area contributed by atoms with Crippen molar-refractivity contribution in [3.8, 4) is 11.4 Å². The number of amides is 2. The number of nitrogens with zero attached hydrogens (tertiary/aromatic N) is 4. The minimum atomic E-state index is -4.61. The minimum Gasteiger partial charge on any atom is -0.506 e. The highest BCUT2D eigenvalue weighted by molar-refractivity contribution is 5.71. The zero-order chi connectivity index (χ0) is 29.5. The first-order chi connectivity index (χ1) is 19.3. The second-order valence-electron chi connectivity index (χ2n) is 11.1. The van der Waals surface area contributed by atoms with E-state index < -0.39 is 41.3 Å². The summed E-state index contributed by atoms with van der Waals surface area (Å²) in [5.41, 5.74) is 1.14. The average molecular weight is 573 g/mol. The van der Waals surface area contributed by atoms with Crippen molar-refractivity contribution in [1.29, 1.82) is 0 Å². The Labute approximate surface area is 235 Å². The van der Waals surface area contributed by atoms with Crippen molar-refractivity contribution in [2.75, 3.05) is 19.6 Å². The number of halogens is 3. The van der Waals surface area contributed by atoms with Gasteiger partial charge in [0.1, 0.15) is 23.6 Å². The van der Waals surface area contributed by atoms with Crippen LogP contribution in [0.3, 0.4) is 0 Å². The highest BCUT2D eigenvalue weighted by Crippen LogP contribution is 2.40. The van der Waals surface area contributed by atoms with Crippen molar-refractivity contribution in [3.63, 3.8) is 0 Å². The van der Waals surface area contributed by atoms with Crippen molar-refractivity contribution in [1.82, 2.24) is 19.6 Å². The molecule has 0 saturated heterocycles. The van der Waals surface area contributed by atoms with Crippen LogP contribution in [0.2, 0.25) is 0 Å². The summed E-state index contributed by atoms with van der Waals surface area (Å²) in [6.07, 6.45) is -5.07. The molecule has 0 aliphatic carbocycles. The van der Waals surface area contributed by atoms with Crippen molar-refractivity contribution in [2.24, 2.45) is 0 Å². The first kappa shape index (κ1) is 28.3. The van der Waals surface area contributed by atoms with Crippen LogP contribution in [-0.4, -0.2) is 62.1 Å². The van der Waals surface area contributed by atoms with Crippen molar-refractivity contribution in [3.05, 3.63) is 76.6 Å². The number of phenols is 1. The molecule has 0 bridgehead atoms. The van der Waals surface area contributed by atoms with E-state index in [0.29, 0.717) is 35.9 Å². The number of carbonyl (C=O) groups is 2. The van der Waals surface area contributed by atoms with E-state index in [4.69, 9.17) is 9.47 Å². The molecule has 2 amide bonds. The summed E-state index contributed by atoms with van der Waals surface area (Å²) < 4.78 is 52.3. The molecule has 1 aromatic heterocycles. The third kappa shape index (κ3) is 5.96. The number of phenolic OH excluding ortho intramolecular Hbond substituents is 1. The normalized spacial score (nSPS) is 17.1. The van der Waals surface area contributed by atoms with Crippen molar-refractivity contribution < 1.29 is 37.3 Å². The van der Waals surface area contributed by atoms with Gasteiger partial charge in [0.2, 0.25) is 0 Å². The van der Waals surface area contributed by atoms with E-state index in [0.717, 1.165) is 11.6 Å². The van der Waals surface area contributed by atoms with E-state index in [1.165, 1.54) is 15.6 Å². The largest absolute Gasteiger partial charge is 0.506 e. The molecule has 0 saturated carbocycles. The van der Waals surface area contributed by atoms with Gasteiger partial charge in [-0.25, -0.2) is 14.3 Å². The van der Waals surface area contributed by atoms with Crippen molar-refractivity contribution >= 4 is 12.2 Å². The molecule has 1 unspecified atom stereocenters. The molecule has 2 aliphatic heterocycles. The van der Waals surface area contributed by atoms with Gasteiger partial charge in [-0.1, -0.05) is 30.3 Å². The van der Waals surface area contributed by atoms with Crippen LogP contribution in [0.5, 0.6) is 5.75 Å². The SMILES string of the molecule is CC(C)(C)OC(=O)N1CCc2c3c(nn2-c2ccc(C(F)(F)F)cc2O)CCN(C(=O)OCc2ccccc2)CC31. The molecular weight excluding hydrogens is 541 g/mol. The highest BCUT2D eigenvalue weighted by Gasteiger charge is 2.42. The molecule has 1 N–H and O–H groups in total. The number of carbonyl (C=O) groups excluding carboxylic acids is 2. The number of alkyl halides is 3. The Bertz CT molecular complexity index is 1450. The topological polar surface area (TPSA) is 97.1 Å². The van der Waals surface area contributed by atoms with Crippen LogP contribution in [0.15, 0.2) is 48.5 Å². The number of aromatic hydroxyl groups is 1. The van der Waals surface area contributed by atoms with Gasteiger partial charge in [-0.2, -0.15) is 18.3 Å². The number of aromatic nitrogens is 2. The molecule has 3 heterocycles. The summed E-state index contributed by atoms with van der Waals surface area (Å²) in [6.45, 7) is 5.94. The second-order valence-corrected chi connectivity index (χ2v) is 11.1. The first-order valence-electron chi connectivity index (χ1n) is 13.3. The van der Waals surface area contributed by atoms with E-state index in [1.54, 1.807) is 25.7 Å². The quantitative estimate of drug-likeness (QED) is 0.437. The maximum Gasteiger partial charge on any atom is 0.416 e. The standard InChI is InChI=1S/C29H31F3N4O5/c1-28(2,3)41-27(39)35-14-12-22-25-20(33-36(22)21-10-9-19(15-24(21)37)29(30,31)32)11-13-34(16-23(25)35)26(38)40-17-18-7-5-4-6-8-18/h4-10,15,23,37H,11-14,16-17H2,1-3H3. The summed E-state index contributed by atoms with van der Waals surface area (Å²) in [5.74, 6) is -0.564. The smallest absolute Gasteiger partial charge is 0.416 e. The van der Waals surface area contributed by atoms with E-state index in [1.807, 2.05) is 30.3 Å². The van der Waals surface area contributed by atoms with E-state index in [9.17, 15) is 27.9 Å². The molecule has 218 valence electrons. The predicted molar refractivity (Wildman–Crippen MR) is 142 cm³/mol. The van der Waals surface area contributed by atoms with Gasteiger partial charge in [-0.05, 0) is 44.5 Å². The first-order valence-corrected chi connectivity index (χ1v) is 13.3. The van der Waals surface area contributed by atoms with Crippen LogP contribution in [0, 0.1) is 0 Å². The number of hydrogen-bond acceptors (Lipinski definition) is 6. The van der Waals surface area contributed by atoms with E-state index in [-0.39, 0.29) is 31.9 Å². The molecule has 12 heteroatoms. The number of benzene rings is 2. The Morgan fingerprint density at radius 3 is 2.41 bits per heavy atom. The fraction of sp³-hybridized carbons (Fsp3) is 0.414. The van der Waals surface area contributed by atoms with Gasteiger partial charge in [0.15, 0.2) is 0 Å². The van der Waals surface area contributed by atoms with Crippen LogP contribution < -0.4 is 0 Å². The third-order valence-electron chi connectivity index (χ3n) is 7.03. The molecule has 41 heavy (non-hydrogen) atoms. The van der Waals surface area contributed by atoms with Crippen LogP contribution in [-0.2, 0) is 35.1 Å². The predicted octanol–water partition coefficient (Wildman–Crippen LogP) is 5.63. The second kappa shape index (κ2) is 10.6. The van der Waals surface area contributed by atoms with Gasteiger partial charge in [-0.15, -0.1) is 0 Å². The lowest BCUT2D eigenvalue weighted by molar-refractivity contribution is -0.137. The molecule has 3 aromatic rings. The molecule has 0 spiro atoms. The zero-order valence-electron chi connectivity index (χ0n) is 22.9. The highest BCUT2D eigenvalue weighted by atomic mass is 19.4. The van der Waals surface area contributed by atoms with Crippen molar-refractivity contribution in [2.45, 2.75) is 58.0 Å². The van der Waals surface area contributed by atoms with Crippen LogP contribution in [0.25, 0.3) is 5.69 Å². The summed E-state index contributed by atoms with van der Waals surface area (Å²) in [4.78, 5) is 29.5. The Hall–Kier alpha value is -4.22. The van der Waals surface area contributed by atoms with Gasteiger partial charge in [-0.3, -0.25) is 4.90 Å². The van der Waals surface area contributed by atoms with Gasteiger partial charge in [0.05, 0.1) is 23.0 Å². The molecule has 1 atom stereocenters. The van der Waals surface area contributed by atoms with Crippen LogP contribution in [0.4, 0.5) is 22.8 Å². The molecule has 0 radical (unpaired) electrons. The Morgan fingerprint density at radius 2 is 1.76 bits per heavy atom. The molecule has 2 aliphatic rings. The number of hydrogen-bond donors (Lipinski definition) is 1. The minimum absolute atomic E-state index is 0.0898. The number of ether oxygens (including phenoxy) is 2. The maximum atomic E-state index is 13.3. The van der Waals surface area contributed by atoms with E-state index in [2.05, 4.69) is 5.10 Å². The molecule has 9 nitrogen and oxygen atoms in total. The molecule has 5 rings (SSSR count). The zero-order valence-corrected chi connectivity index (χ0v) is 22.9. The molecule has 2 aromatic carbocycles. The lowest BCUT2D eigenvalue weighted by Crippen LogP contribution is -2.47.